The number of nitrogens with one attached hydrogen (secondary N) is 1. The van der Waals surface area contributed by atoms with Crippen molar-refractivity contribution in [2.75, 3.05) is 5.32 Å². The van der Waals surface area contributed by atoms with Gasteiger partial charge in [-0.2, -0.15) is 0 Å². The third-order valence-electron chi connectivity index (χ3n) is 2.44. The Morgan fingerprint density at radius 2 is 1.75 bits per heavy atom. The molecule has 2 rings (SSSR count). The minimum absolute atomic E-state index is 0.00877. The van der Waals surface area contributed by atoms with Gasteiger partial charge in [-0.1, -0.05) is 40.9 Å². The van der Waals surface area contributed by atoms with E-state index in [4.69, 9.17) is 34.8 Å². The van der Waals surface area contributed by atoms with E-state index in [1.165, 1.54) is 0 Å². The SMILES string of the molecule is O=C(Nc1c(Cl)cc(F)cc1Cl)c1cccc(Br)c1Cl. The molecule has 0 aliphatic carbocycles. The minimum atomic E-state index is -0.585. The average Bonchev–Trinajstić information content (AvgIpc) is 2.36. The van der Waals surface area contributed by atoms with Gasteiger partial charge in [0.05, 0.1) is 26.3 Å². The Kier molecular flexibility index (Phi) is 4.91. The number of hydrogen-bond donors (Lipinski definition) is 1. The molecule has 0 radical (unpaired) electrons. The number of amides is 1. The fraction of sp³-hybridized carbons (Fsp3) is 0. The van der Waals surface area contributed by atoms with E-state index in [9.17, 15) is 9.18 Å². The van der Waals surface area contributed by atoms with E-state index in [0.717, 1.165) is 12.1 Å². The zero-order valence-corrected chi connectivity index (χ0v) is 13.5. The van der Waals surface area contributed by atoms with Gasteiger partial charge < -0.3 is 5.32 Å². The highest BCUT2D eigenvalue weighted by Gasteiger charge is 2.16. The quantitative estimate of drug-likeness (QED) is 0.682. The molecule has 1 amide bonds. The van der Waals surface area contributed by atoms with Crippen molar-refractivity contribution in [3.05, 3.63) is 61.3 Å². The Labute approximate surface area is 138 Å². The normalized spacial score (nSPS) is 10.4. The van der Waals surface area contributed by atoms with Crippen molar-refractivity contribution in [1.82, 2.24) is 0 Å². The fourth-order valence-corrected chi connectivity index (χ4v) is 2.65. The van der Waals surface area contributed by atoms with Gasteiger partial charge in [0.1, 0.15) is 5.82 Å². The average molecular weight is 397 g/mol. The predicted molar refractivity (Wildman–Crippen MR) is 83.5 cm³/mol. The third kappa shape index (κ3) is 3.26. The van der Waals surface area contributed by atoms with Crippen molar-refractivity contribution in [1.29, 1.82) is 0 Å². The Bertz CT molecular complexity index is 670. The van der Waals surface area contributed by atoms with Crippen molar-refractivity contribution >= 4 is 62.3 Å². The molecule has 0 fully saturated rings. The second kappa shape index (κ2) is 6.31. The highest BCUT2D eigenvalue weighted by atomic mass is 79.9. The molecule has 0 aromatic heterocycles. The molecule has 0 bridgehead atoms. The van der Waals surface area contributed by atoms with Gasteiger partial charge in [0.15, 0.2) is 0 Å². The van der Waals surface area contributed by atoms with Crippen LogP contribution in [0.15, 0.2) is 34.8 Å². The highest BCUT2D eigenvalue weighted by Crippen LogP contribution is 2.33. The third-order valence-corrected chi connectivity index (χ3v) is 4.33. The molecule has 2 aromatic rings. The molecule has 0 aliphatic rings. The van der Waals surface area contributed by atoms with E-state index < -0.39 is 11.7 Å². The first-order valence-electron chi connectivity index (χ1n) is 5.30. The van der Waals surface area contributed by atoms with Crippen LogP contribution in [0.25, 0.3) is 0 Å². The summed E-state index contributed by atoms with van der Waals surface area (Å²) in [5.41, 5.74) is 0.383. The van der Waals surface area contributed by atoms with Gasteiger partial charge in [0.2, 0.25) is 0 Å². The van der Waals surface area contributed by atoms with Crippen LogP contribution in [-0.2, 0) is 0 Å². The van der Waals surface area contributed by atoms with Crippen LogP contribution in [0.1, 0.15) is 10.4 Å². The Morgan fingerprint density at radius 3 is 2.35 bits per heavy atom. The molecule has 20 heavy (non-hydrogen) atoms. The number of hydrogen-bond acceptors (Lipinski definition) is 1. The van der Waals surface area contributed by atoms with Crippen LogP contribution >= 0.6 is 50.7 Å². The Morgan fingerprint density at radius 1 is 1.15 bits per heavy atom. The number of carbonyl (C=O) groups is 1. The van der Waals surface area contributed by atoms with Gasteiger partial charge in [-0.3, -0.25) is 4.79 Å². The van der Waals surface area contributed by atoms with Gasteiger partial charge in [0.25, 0.3) is 5.91 Å². The number of benzene rings is 2. The van der Waals surface area contributed by atoms with Crippen LogP contribution in [-0.4, -0.2) is 5.91 Å². The van der Waals surface area contributed by atoms with Crippen LogP contribution in [0.3, 0.4) is 0 Å². The van der Waals surface area contributed by atoms with Crippen molar-refractivity contribution in [3.63, 3.8) is 0 Å². The first kappa shape index (κ1) is 15.6. The molecule has 0 saturated heterocycles. The van der Waals surface area contributed by atoms with Crippen molar-refractivity contribution in [2.45, 2.75) is 0 Å². The summed E-state index contributed by atoms with van der Waals surface area (Å²) in [6.45, 7) is 0. The molecule has 2 aromatic carbocycles. The zero-order valence-electron chi connectivity index (χ0n) is 9.68. The molecular weight excluding hydrogens is 391 g/mol. The molecule has 104 valence electrons. The monoisotopic (exact) mass is 395 g/mol. The van der Waals surface area contributed by atoms with E-state index in [2.05, 4.69) is 21.2 Å². The molecule has 0 aliphatic heterocycles. The predicted octanol–water partition coefficient (Wildman–Crippen LogP) is 5.80. The van der Waals surface area contributed by atoms with Crippen molar-refractivity contribution < 1.29 is 9.18 Å². The van der Waals surface area contributed by atoms with E-state index in [1.807, 2.05) is 0 Å². The molecular formula is C13H6BrCl3FNO. The van der Waals surface area contributed by atoms with Crippen LogP contribution in [0, 0.1) is 5.82 Å². The summed E-state index contributed by atoms with van der Waals surface area (Å²) in [5.74, 6) is -1.08. The maximum atomic E-state index is 13.1. The smallest absolute Gasteiger partial charge is 0.257 e. The van der Waals surface area contributed by atoms with E-state index in [0.29, 0.717) is 4.47 Å². The molecule has 0 unspecified atom stereocenters. The van der Waals surface area contributed by atoms with Crippen molar-refractivity contribution in [2.24, 2.45) is 0 Å². The number of anilines is 1. The summed E-state index contributed by atoms with van der Waals surface area (Å²) >= 11 is 21.0. The van der Waals surface area contributed by atoms with Crippen LogP contribution in [0.5, 0.6) is 0 Å². The summed E-state index contributed by atoms with van der Waals surface area (Å²) in [7, 11) is 0. The second-order valence-electron chi connectivity index (χ2n) is 3.80. The molecule has 0 spiro atoms. The lowest BCUT2D eigenvalue weighted by Crippen LogP contribution is -2.13. The lowest BCUT2D eigenvalue weighted by Gasteiger charge is -2.11. The number of carbonyl (C=O) groups excluding carboxylic acids is 1. The van der Waals surface area contributed by atoms with Gasteiger partial charge in [-0.05, 0) is 40.2 Å². The first-order valence-corrected chi connectivity index (χ1v) is 7.22. The summed E-state index contributed by atoms with van der Waals surface area (Å²) in [6, 6.07) is 7.04. The standard InChI is InChI=1S/C13H6BrCl3FNO/c14-8-3-1-2-7(11(8)17)13(20)19-12-9(15)4-6(18)5-10(12)16/h1-5H,(H,19,20). The molecule has 7 heteroatoms. The number of halogens is 5. The topological polar surface area (TPSA) is 29.1 Å². The fourth-order valence-electron chi connectivity index (χ4n) is 1.52. The molecule has 1 N–H and O–H groups in total. The van der Waals surface area contributed by atoms with Crippen LogP contribution < -0.4 is 5.32 Å². The highest BCUT2D eigenvalue weighted by molar-refractivity contribution is 9.10. The molecule has 2 nitrogen and oxygen atoms in total. The Balaban J connectivity index is 2.36. The molecule has 0 heterocycles. The van der Waals surface area contributed by atoms with Gasteiger partial charge in [-0.15, -0.1) is 0 Å². The van der Waals surface area contributed by atoms with E-state index in [1.54, 1.807) is 18.2 Å². The lowest BCUT2D eigenvalue weighted by molar-refractivity contribution is 0.102. The maximum absolute atomic E-state index is 13.1. The second-order valence-corrected chi connectivity index (χ2v) is 5.85. The van der Waals surface area contributed by atoms with E-state index in [-0.39, 0.29) is 26.3 Å². The van der Waals surface area contributed by atoms with Crippen molar-refractivity contribution in [3.8, 4) is 0 Å². The van der Waals surface area contributed by atoms with Gasteiger partial charge in [-0.25, -0.2) is 4.39 Å². The first-order chi connectivity index (χ1) is 9.40. The summed E-state index contributed by atoms with van der Waals surface area (Å²) < 4.78 is 13.7. The lowest BCUT2D eigenvalue weighted by atomic mass is 10.2. The largest absolute Gasteiger partial charge is 0.319 e. The van der Waals surface area contributed by atoms with Gasteiger partial charge >= 0.3 is 0 Å². The Hall–Kier alpha value is -0.810. The minimum Gasteiger partial charge on any atom is -0.319 e. The number of rotatable bonds is 2. The summed E-state index contributed by atoms with van der Waals surface area (Å²) in [5, 5.41) is 2.80. The molecule has 0 saturated carbocycles. The zero-order chi connectivity index (χ0) is 14.9. The summed E-state index contributed by atoms with van der Waals surface area (Å²) in [4.78, 5) is 12.1. The maximum Gasteiger partial charge on any atom is 0.257 e. The summed E-state index contributed by atoms with van der Waals surface area (Å²) in [6.07, 6.45) is 0. The van der Waals surface area contributed by atoms with Crippen LogP contribution in [0.4, 0.5) is 10.1 Å². The van der Waals surface area contributed by atoms with E-state index >= 15 is 0 Å². The van der Waals surface area contributed by atoms with Gasteiger partial charge in [0, 0.05) is 4.47 Å². The molecule has 0 atom stereocenters. The van der Waals surface area contributed by atoms with Crippen LogP contribution in [0.2, 0.25) is 15.1 Å².